The van der Waals surface area contributed by atoms with Crippen LogP contribution in [-0.2, 0) is 9.53 Å². The standard InChI is InChI=1S/C14H26N2O2/c1-2-13-10-18-8-7-16(13)14(17)9-11-3-5-12(15)6-4-11/h11-13H,2-10,15H2,1H3. The van der Waals surface area contributed by atoms with Crippen LogP contribution in [0.5, 0.6) is 0 Å². The zero-order valence-corrected chi connectivity index (χ0v) is 11.4. The highest BCUT2D eigenvalue weighted by molar-refractivity contribution is 5.77. The van der Waals surface area contributed by atoms with E-state index in [1.54, 1.807) is 0 Å². The average Bonchev–Trinajstić information content (AvgIpc) is 2.41. The molecule has 1 aliphatic heterocycles. The number of morpholine rings is 1. The van der Waals surface area contributed by atoms with Crippen LogP contribution in [0.15, 0.2) is 0 Å². The highest BCUT2D eigenvalue weighted by atomic mass is 16.5. The molecule has 2 rings (SSSR count). The molecular formula is C14H26N2O2. The largest absolute Gasteiger partial charge is 0.377 e. The molecule has 1 saturated heterocycles. The fourth-order valence-corrected chi connectivity index (χ4v) is 3.08. The summed E-state index contributed by atoms with van der Waals surface area (Å²) in [5.41, 5.74) is 5.90. The number of rotatable bonds is 3. The van der Waals surface area contributed by atoms with Crippen LogP contribution in [0, 0.1) is 5.92 Å². The van der Waals surface area contributed by atoms with Crippen molar-refractivity contribution in [3.8, 4) is 0 Å². The van der Waals surface area contributed by atoms with Crippen molar-refractivity contribution in [2.45, 2.75) is 57.5 Å². The number of nitrogens with two attached hydrogens (primary N) is 1. The SMILES string of the molecule is CCC1COCCN1C(=O)CC1CCC(N)CC1. The van der Waals surface area contributed by atoms with Gasteiger partial charge in [-0.25, -0.2) is 0 Å². The number of ether oxygens (including phenoxy) is 1. The molecule has 0 aromatic carbocycles. The van der Waals surface area contributed by atoms with Gasteiger partial charge in [0, 0.05) is 19.0 Å². The molecule has 0 aromatic heterocycles. The summed E-state index contributed by atoms with van der Waals surface area (Å²) >= 11 is 0. The Balaban J connectivity index is 1.82. The van der Waals surface area contributed by atoms with Crippen LogP contribution in [0.25, 0.3) is 0 Å². The van der Waals surface area contributed by atoms with E-state index in [0.717, 1.165) is 38.6 Å². The molecule has 4 nitrogen and oxygen atoms in total. The van der Waals surface area contributed by atoms with Gasteiger partial charge in [0.05, 0.1) is 19.3 Å². The van der Waals surface area contributed by atoms with Gasteiger partial charge in [-0.2, -0.15) is 0 Å². The summed E-state index contributed by atoms with van der Waals surface area (Å²) in [4.78, 5) is 14.4. The van der Waals surface area contributed by atoms with E-state index in [0.29, 0.717) is 37.5 Å². The van der Waals surface area contributed by atoms with Crippen LogP contribution >= 0.6 is 0 Å². The quantitative estimate of drug-likeness (QED) is 0.831. The Hall–Kier alpha value is -0.610. The van der Waals surface area contributed by atoms with Crippen molar-refractivity contribution in [3.05, 3.63) is 0 Å². The number of hydrogen-bond acceptors (Lipinski definition) is 3. The lowest BCUT2D eigenvalue weighted by atomic mass is 9.84. The summed E-state index contributed by atoms with van der Waals surface area (Å²) < 4.78 is 5.45. The summed E-state index contributed by atoms with van der Waals surface area (Å²) in [6.07, 6.45) is 6.10. The maximum absolute atomic E-state index is 12.4. The lowest BCUT2D eigenvalue weighted by molar-refractivity contribution is -0.141. The number of nitrogens with zero attached hydrogens (tertiary/aromatic N) is 1. The molecule has 1 saturated carbocycles. The third-order valence-corrected chi connectivity index (χ3v) is 4.37. The first-order chi connectivity index (χ1) is 8.70. The fourth-order valence-electron chi connectivity index (χ4n) is 3.08. The molecular weight excluding hydrogens is 228 g/mol. The zero-order valence-electron chi connectivity index (χ0n) is 11.4. The van der Waals surface area contributed by atoms with E-state index >= 15 is 0 Å². The van der Waals surface area contributed by atoms with E-state index in [2.05, 4.69) is 6.92 Å². The number of carbonyl (C=O) groups excluding carboxylic acids is 1. The Morgan fingerprint density at radius 2 is 2.06 bits per heavy atom. The van der Waals surface area contributed by atoms with Crippen LogP contribution in [0.4, 0.5) is 0 Å². The van der Waals surface area contributed by atoms with E-state index in [1.807, 2.05) is 4.90 Å². The van der Waals surface area contributed by atoms with Crippen LogP contribution in [0.3, 0.4) is 0 Å². The number of carbonyl (C=O) groups is 1. The van der Waals surface area contributed by atoms with Gasteiger partial charge < -0.3 is 15.4 Å². The van der Waals surface area contributed by atoms with E-state index in [-0.39, 0.29) is 6.04 Å². The summed E-state index contributed by atoms with van der Waals surface area (Å²) in [5, 5.41) is 0. The predicted molar refractivity (Wildman–Crippen MR) is 71.2 cm³/mol. The van der Waals surface area contributed by atoms with Gasteiger partial charge >= 0.3 is 0 Å². The Labute approximate surface area is 110 Å². The molecule has 1 aliphatic carbocycles. The molecule has 4 heteroatoms. The van der Waals surface area contributed by atoms with Gasteiger partial charge in [0.15, 0.2) is 0 Å². The lowest BCUT2D eigenvalue weighted by Gasteiger charge is -2.36. The first-order valence-electron chi connectivity index (χ1n) is 7.33. The van der Waals surface area contributed by atoms with Crippen molar-refractivity contribution in [2.75, 3.05) is 19.8 Å². The zero-order chi connectivity index (χ0) is 13.0. The van der Waals surface area contributed by atoms with E-state index in [4.69, 9.17) is 10.5 Å². The third-order valence-electron chi connectivity index (χ3n) is 4.37. The monoisotopic (exact) mass is 254 g/mol. The average molecular weight is 254 g/mol. The molecule has 2 fully saturated rings. The van der Waals surface area contributed by atoms with Gasteiger partial charge in [-0.15, -0.1) is 0 Å². The molecule has 104 valence electrons. The van der Waals surface area contributed by atoms with Crippen LogP contribution < -0.4 is 5.73 Å². The highest BCUT2D eigenvalue weighted by Gasteiger charge is 2.28. The van der Waals surface area contributed by atoms with E-state index < -0.39 is 0 Å². The number of amides is 1. The number of hydrogen-bond donors (Lipinski definition) is 1. The predicted octanol–water partition coefficient (Wildman–Crippen LogP) is 1.53. The van der Waals surface area contributed by atoms with E-state index in [9.17, 15) is 4.79 Å². The normalized spacial score (nSPS) is 33.4. The smallest absolute Gasteiger partial charge is 0.223 e. The van der Waals surface area contributed by atoms with Crippen molar-refractivity contribution in [3.63, 3.8) is 0 Å². The van der Waals surface area contributed by atoms with Gasteiger partial charge in [-0.05, 0) is 38.0 Å². The molecule has 1 heterocycles. The third kappa shape index (κ3) is 3.45. The van der Waals surface area contributed by atoms with Crippen LogP contribution in [0.1, 0.15) is 45.4 Å². The van der Waals surface area contributed by atoms with Crippen molar-refractivity contribution in [2.24, 2.45) is 11.7 Å². The van der Waals surface area contributed by atoms with Gasteiger partial charge in [-0.1, -0.05) is 6.92 Å². The summed E-state index contributed by atoms with van der Waals surface area (Å²) in [7, 11) is 0. The molecule has 0 bridgehead atoms. The summed E-state index contributed by atoms with van der Waals surface area (Å²) in [6.45, 7) is 4.29. The molecule has 0 radical (unpaired) electrons. The van der Waals surface area contributed by atoms with Gasteiger partial charge in [0.25, 0.3) is 0 Å². The molecule has 1 unspecified atom stereocenters. The van der Waals surface area contributed by atoms with Crippen molar-refractivity contribution < 1.29 is 9.53 Å². The Kier molecular flexibility index (Phi) is 5.01. The lowest BCUT2D eigenvalue weighted by Crippen LogP contribution is -2.48. The summed E-state index contributed by atoms with van der Waals surface area (Å²) in [6, 6.07) is 0.653. The Morgan fingerprint density at radius 1 is 1.33 bits per heavy atom. The molecule has 0 spiro atoms. The first-order valence-corrected chi connectivity index (χ1v) is 7.33. The minimum atomic E-state index is 0.289. The Bertz CT molecular complexity index is 275. The van der Waals surface area contributed by atoms with Crippen LogP contribution in [-0.4, -0.2) is 42.6 Å². The summed E-state index contributed by atoms with van der Waals surface area (Å²) in [5.74, 6) is 0.878. The van der Waals surface area contributed by atoms with Crippen molar-refractivity contribution in [1.82, 2.24) is 4.90 Å². The van der Waals surface area contributed by atoms with E-state index in [1.165, 1.54) is 0 Å². The second-order valence-corrected chi connectivity index (χ2v) is 5.71. The Morgan fingerprint density at radius 3 is 2.72 bits per heavy atom. The minimum absolute atomic E-state index is 0.289. The molecule has 2 N–H and O–H groups in total. The highest BCUT2D eigenvalue weighted by Crippen LogP contribution is 2.27. The topological polar surface area (TPSA) is 55.6 Å². The van der Waals surface area contributed by atoms with Crippen molar-refractivity contribution >= 4 is 5.91 Å². The van der Waals surface area contributed by atoms with Crippen LogP contribution in [0.2, 0.25) is 0 Å². The molecule has 0 aromatic rings. The van der Waals surface area contributed by atoms with Gasteiger partial charge in [0.2, 0.25) is 5.91 Å². The van der Waals surface area contributed by atoms with Gasteiger partial charge in [-0.3, -0.25) is 4.79 Å². The molecule has 1 amide bonds. The maximum Gasteiger partial charge on any atom is 0.223 e. The second-order valence-electron chi connectivity index (χ2n) is 5.71. The van der Waals surface area contributed by atoms with Crippen molar-refractivity contribution in [1.29, 1.82) is 0 Å². The first kappa shape index (κ1) is 13.8. The molecule has 1 atom stereocenters. The van der Waals surface area contributed by atoms with Gasteiger partial charge in [0.1, 0.15) is 0 Å². The fraction of sp³-hybridized carbons (Fsp3) is 0.929. The molecule has 2 aliphatic rings. The minimum Gasteiger partial charge on any atom is -0.377 e. The molecule has 18 heavy (non-hydrogen) atoms. The second kappa shape index (κ2) is 6.53. The maximum atomic E-state index is 12.4.